The fourth-order valence-electron chi connectivity index (χ4n) is 2.46. The van der Waals surface area contributed by atoms with Crippen molar-refractivity contribution in [3.63, 3.8) is 0 Å². The molecule has 0 saturated carbocycles. The number of hydrogen-bond acceptors (Lipinski definition) is 2. The molecule has 1 amide bonds. The van der Waals surface area contributed by atoms with E-state index in [0.29, 0.717) is 22.4 Å². The number of hydrogen-bond donors (Lipinski definition) is 0. The Hall–Kier alpha value is -0.380. The molecule has 5 heteroatoms. The predicted octanol–water partition coefficient (Wildman–Crippen LogP) is 5.02. The number of nitrogens with zero attached hydrogens (tertiary/aromatic N) is 1. The summed E-state index contributed by atoms with van der Waals surface area (Å²) in [7, 11) is 0. The number of thioether (sulfide) groups is 1. The van der Waals surface area contributed by atoms with Gasteiger partial charge in [0.2, 0.25) is 5.91 Å². The third-order valence-corrected chi connectivity index (χ3v) is 5.44. The second kappa shape index (κ2) is 8.92. The van der Waals surface area contributed by atoms with Gasteiger partial charge in [-0.3, -0.25) is 4.79 Å². The summed E-state index contributed by atoms with van der Waals surface area (Å²) in [6.07, 6.45) is 5.46. The molecule has 1 aromatic rings. The zero-order valence-corrected chi connectivity index (χ0v) is 14.4. The average molecular weight is 346 g/mol. The van der Waals surface area contributed by atoms with Crippen LogP contribution in [0, 0.1) is 0 Å². The van der Waals surface area contributed by atoms with Gasteiger partial charge in [0.1, 0.15) is 0 Å². The van der Waals surface area contributed by atoms with Crippen molar-refractivity contribution < 1.29 is 4.79 Å². The van der Waals surface area contributed by atoms with Crippen molar-refractivity contribution in [2.75, 3.05) is 18.8 Å². The number of carbonyl (C=O) groups excluding carboxylic acids is 1. The van der Waals surface area contributed by atoms with Gasteiger partial charge in [-0.15, -0.1) is 0 Å². The van der Waals surface area contributed by atoms with E-state index < -0.39 is 0 Å². The summed E-state index contributed by atoms with van der Waals surface area (Å²) >= 11 is 13.7. The minimum absolute atomic E-state index is 0.304. The molecule has 0 N–H and O–H groups in total. The summed E-state index contributed by atoms with van der Waals surface area (Å²) in [5.41, 5.74) is 1.15. The Morgan fingerprint density at radius 1 is 1.10 bits per heavy atom. The van der Waals surface area contributed by atoms with E-state index in [4.69, 9.17) is 23.2 Å². The van der Waals surface area contributed by atoms with Crippen LogP contribution >= 0.6 is 35.0 Å². The quantitative estimate of drug-likeness (QED) is 0.698. The van der Waals surface area contributed by atoms with Crippen molar-refractivity contribution in [1.82, 2.24) is 4.90 Å². The van der Waals surface area contributed by atoms with Crippen molar-refractivity contribution >= 4 is 40.9 Å². The molecule has 1 fully saturated rings. The first kappa shape index (κ1) is 17.0. The number of rotatable bonds is 5. The molecule has 1 aliphatic rings. The molecule has 0 bridgehead atoms. The highest BCUT2D eigenvalue weighted by Crippen LogP contribution is 2.25. The van der Waals surface area contributed by atoms with Crippen LogP contribution in [0.4, 0.5) is 0 Å². The van der Waals surface area contributed by atoms with Crippen LogP contribution < -0.4 is 0 Å². The lowest BCUT2D eigenvalue weighted by Crippen LogP contribution is -2.31. The van der Waals surface area contributed by atoms with E-state index in [0.717, 1.165) is 43.0 Å². The number of halogens is 2. The molecule has 21 heavy (non-hydrogen) atoms. The lowest BCUT2D eigenvalue weighted by atomic mass is 10.2. The van der Waals surface area contributed by atoms with Gasteiger partial charge in [-0.2, -0.15) is 11.8 Å². The van der Waals surface area contributed by atoms with Gasteiger partial charge < -0.3 is 4.90 Å². The topological polar surface area (TPSA) is 20.3 Å². The molecule has 2 nitrogen and oxygen atoms in total. The van der Waals surface area contributed by atoms with Crippen LogP contribution in [0.5, 0.6) is 0 Å². The van der Waals surface area contributed by atoms with Crippen LogP contribution in [0.25, 0.3) is 0 Å². The van der Waals surface area contributed by atoms with Crippen LogP contribution in [0.15, 0.2) is 18.2 Å². The van der Waals surface area contributed by atoms with Crippen LogP contribution in [0.2, 0.25) is 10.0 Å². The van der Waals surface area contributed by atoms with Crippen LogP contribution in [-0.2, 0) is 10.5 Å². The summed E-state index contributed by atoms with van der Waals surface area (Å²) in [6.45, 7) is 1.88. The van der Waals surface area contributed by atoms with E-state index in [2.05, 4.69) is 0 Å². The summed E-state index contributed by atoms with van der Waals surface area (Å²) in [6, 6.07) is 5.70. The number of likely N-dealkylation sites (tertiary alicyclic amines) is 1. The molecular formula is C16H21Cl2NOS. The highest BCUT2D eigenvalue weighted by molar-refractivity contribution is 7.98. The van der Waals surface area contributed by atoms with E-state index in [1.165, 1.54) is 12.8 Å². The Balaban J connectivity index is 1.68. The largest absolute Gasteiger partial charge is 0.343 e. The van der Waals surface area contributed by atoms with Gasteiger partial charge in [0.05, 0.1) is 10.0 Å². The molecule has 0 aliphatic carbocycles. The van der Waals surface area contributed by atoms with Crippen molar-refractivity contribution in [3.8, 4) is 0 Å². The molecule has 0 spiro atoms. The molecule has 2 rings (SSSR count). The van der Waals surface area contributed by atoms with E-state index in [-0.39, 0.29) is 0 Å². The molecule has 1 heterocycles. The minimum Gasteiger partial charge on any atom is -0.343 e. The first-order chi connectivity index (χ1) is 10.2. The zero-order valence-electron chi connectivity index (χ0n) is 12.1. The van der Waals surface area contributed by atoms with Gasteiger partial charge >= 0.3 is 0 Å². The van der Waals surface area contributed by atoms with E-state index >= 15 is 0 Å². The molecule has 0 radical (unpaired) electrons. The number of carbonyl (C=O) groups is 1. The van der Waals surface area contributed by atoms with E-state index in [9.17, 15) is 4.79 Å². The maximum atomic E-state index is 12.1. The Kier molecular flexibility index (Phi) is 7.21. The lowest BCUT2D eigenvalue weighted by Gasteiger charge is -2.20. The Bertz CT molecular complexity index is 473. The van der Waals surface area contributed by atoms with Crippen molar-refractivity contribution in [3.05, 3.63) is 33.8 Å². The fraction of sp³-hybridized carbons (Fsp3) is 0.562. The van der Waals surface area contributed by atoms with Crippen molar-refractivity contribution in [2.45, 2.75) is 37.9 Å². The minimum atomic E-state index is 0.304. The van der Waals surface area contributed by atoms with Gasteiger partial charge in [-0.05, 0) is 30.5 Å². The van der Waals surface area contributed by atoms with Crippen molar-refractivity contribution in [1.29, 1.82) is 0 Å². The van der Waals surface area contributed by atoms with Gasteiger partial charge in [0.25, 0.3) is 0 Å². The van der Waals surface area contributed by atoms with Gasteiger partial charge in [-0.1, -0.05) is 42.1 Å². The maximum Gasteiger partial charge on any atom is 0.223 e. The van der Waals surface area contributed by atoms with Gasteiger partial charge in [0, 0.05) is 31.0 Å². The summed E-state index contributed by atoms with van der Waals surface area (Å²) < 4.78 is 0. The van der Waals surface area contributed by atoms with E-state index in [1.807, 2.05) is 23.1 Å². The summed E-state index contributed by atoms with van der Waals surface area (Å²) in [5, 5.41) is 1.18. The monoisotopic (exact) mass is 345 g/mol. The Labute approximate surface area is 141 Å². The molecule has 116 valence electrons. The lowest BCUT2D eigenvalue weighted by molar-refractivity contribution is -0.130. The summed E-state index contributed by atoms with van der Waals surface area (Å²) in [5.74, 6) is 2.03. The highest BCUT2D eigenvalue weighted by Gasteiger charge is 2.14. The SMILES string of the molecule is O=C(CCSCc1ccc(Cl)c(Cl)c1)N1CCCCCC1. The Morgan fingerprint density at radius 3 is 2.48 bits per heavy atom. The molecular weight excluding hydrogens is 325 g/mol. The summed E-state index contributed by atoms with van der Waals surface area (Å²) in [4.78, 5) is 14.2. The van der Waals surface area contributed by atoms with Crippen LogP contribution in [0.3, 0.4) is 0 Å². The molecule has 1 aromatic carbocycles. The maximum absolute atomic E-state index is 12.1. The molecule has 1 saturated heterocycles. The van der Waals surface area contributed by atoms with Gasteiger partial charge in [0.15, 0.2) is 0 Å². The fourth-order valence-corrected chi connectivity index (χ4v) is 3.66. The predicted molar refractivity (Wildman–Crippen MR) is 92.3 cm³/mol. The normalized spacial score (nSPS) is 15.8. The van der Waals surface area contributed by atoms with Gasteiger partial charge in [-0.25, -0.2) is 0 Å². The standard InChI is InChI=1S/C16H21Cl2NOS/c17-14-6-5-13(11-15(14)18)12-21-10-7-16(20)19-8-3-1-2-4-9-19/h5-6,11H,1-4,7-10,12H2. The van der Waals surface area contributed by atoms with E-state index in [1.54, 1.807) is 11.8 Å². The second-order valence-corrected chi connectivity index (χ2v) is 7.27. The molecule has 0 unspecified atom stereocenters. The van der Waals surface area contributed by atoms with Crippen LogP contribution in [0.1, 0.15) is 37.7 Å². The zero-order chi connectivity index (χ0) is 15.1. The number of benzene rings is 1. The first-order valence-corrected chi connectivity index (χ1v) is 9.37. The first-order valence-electron chi connectivity index (χ1n) is 7.46. The van der Waals surface area contributed by atoms with Crippen LogP contribution in [-0.4, -0.2) is 29.6 Å². The van der Waals surface area contributed by atoms with Crippen molar-refractivity contribution in [2.24, 2.45) is 0 Å². The molecule has 0 atom stereocenters. The molecule has 1 aliphatic heterocycles. The highest BCUT2D eigenvalue weighted by atomic mass is 35.5. The third-order valence-electron chi connectivity index (χ3n) is 3.67. The smallest absolute Gasteiger partial charge is 0.223 e. The third kappa shape index (κ3) is 5.72. The average Bonchev–Trinajstić information content (AvgIpc) is 2.76. The number of amides is 1. The second-order valence-electron chi connectivity index (χ2n) is 5.35. The Morgan fingerprint density at radius 2 is 1.81 bits per heavy atom. The molecule has 0 aromatic heterocycles.